The van der Waals surface area contributed by atoms with Gasteiger partial charge in [-0.05, 0) is 80.6 Å². The molecule has 1 aliphatic heterocycles. The van der Waals surface area contributed by atoms with Gasteiger partial charge in [0.25, 0.3) is 0 Å². The Balaban J connectivity index is 0.000000517. The van der Waals surface area contributed by atoms with E-state index in [-0.39, 0.29) is 0 Å². The van der Waals surface area contributed by atoms with Gasteiger partial charge in [-0.2, -0.15) is 0 Å². The molecule has 0 bridgehead atoms. The molecule has 4 heteroatoms. The Hall–Kier alpha value is -2.85. The molecule has 0 radical (unpaired) electrons. The third kappa shape index (κ3) is 4.77. The first-order chi connectivity index (χ1) is 16.2. The summed E-state index contributed by atoms with van der Waals surface area (Å²) in [4.78, 5) is 14.2. The topological polar surface area (TPSA) is 45.5 Å². The fourth-order valence-electron chi connectivity index (χ4n) is 5.27. The predicted octanol–water partition coefficient (Wildman–Crippen LogP) is 6.36. The lowest BCUT2D eigenvalue weighted by Crippen LogP contribution is -2.37. The van der Waals surface area contributed by atoms with Crippen LogP contribution in [0.2, 0.25) is 0 Å². The number of carbonyl (C=O) groups is 1. The molecular weight excluding hydrogens is 408 g/mol. The molecule has 33 heavy (non-hydrogen) atoms. The molecule has 3 aromatic rings. The molecule has 2 fully saturated rings. The zero-order chi connectivity index (χ0) is 22.6. The third-order valence-corrected chi connectivity index (χ3v) is 7.44. The van der Waals surface area contributed by atoms with E-state index in [0.29, 0.717) is 11.6 Å². The van der Waals surface area contributed by atoms with Crippen LogP contribution in [0.4, 0.5) is 0 Å². The second kappa shape index (κ2) is 9.96. The maximum atomic E-state index is 11.5. The summed E-state index contributed by atoms with van der Waals surface area (Å²) >= 11 is 0. The summed E-state index contributed by atoms with van der Waals surface area (Å²) in [6.45, 7) is 2.46. The van der Waals surface area contributed by atoms with Crippen molar-refractivity contribution in [2.24, 2.45) is 0 Å². The summed E-state index contributed by atoms with van der Waals surface area (Å²) in [5.41, 5.74) is 6.33. The van der Waals surface area contributed by atoms with Crippen molar-refractivity contribution in [1.82, 2.24) is 9.47 Å². The number of aromatic carboxylic acids is 1. The van der Waals surface area contributed by atoms with Crippen LogP contribution in [0, 0.1) is 0 Å². The summed E-state index contributed by atoms with van der Waals surface area (Å²) in [6, 6.07) is 20.7. The zero-order valence-electron chi connectivity index (χ0n) is 19.4. The molecule has 1 atom stereocenters. The van der Waals surface area contributed by atoms with Crippen molar-refractivity contribution in [3.05, 3.63) is 77.5 Å². The summed E-state index contributed by atoms with van der Waals surface area (Å²) < 4.78 is 2.29. The average Bonchev–Trinajstić information content (AvgIpc) is 3.46. The Morgan fingerprint density at radius 2 is 1.58 bits per heavy atom. The number of benzene rings is 2. The molecule has 4 nitrogen and oxygen atoms in total. The van der Waals surface area contributed by atoms with Crippen LogP contribution in [-0.4, -0.2) is 39.7 Å². The van der Waals surface area contributed by atoms with E-state index in [1.165, 1.54) is 74.9 Å². The van der Waals surface area contributed by atoms with Crippen LogP contribution in [0.3, 0.4) is 0 Å². The summed E-state index contributed by atoms with van der Waals surface area (Å²) in [6.07, 6.45) is 11.9. The highest BCUT2D eigenvalue weighted by Gasteiger charge is 2.29. The van der Waals surface area contributed by atoms with Crippen molar-refractivity contribution in [3.63, 3.8) is 0 Å². The molecule has 2 heterocycles. The van der Waals surface area contributed by atoms with Gasteiger partial charge in [-0.15, -0.1) is 0 Å². The van der Waals surface area contributed by atoms with Crippen molar-refractivity contribution in [3.8, 4) is 16.9 Å². The lowest BCUT2D eigenvalue weighted by atomic mass is 9.92. The number of rotatable bonds is 4. The van der Waals surface area contributed by atoms with E-state index in [0.717, 1.165) is 24.2 Å². The minimum Gasteiger partial charge on any atom is -0.478 e. The lowest BCUT2D eigenvalue weighted by Gasteiger charge is -2.31. The summed E-state index contributed by atoms with van der Waals surface area (Å²) in [7, 11) is 0. The van der Waals surface area contributed by atoms with Crippen molar-refractivity contribution < 1.29 is 9.90 Å². The van der Waals surface area contributed by atoms with E-state index >= 15 is 0 Å². The van der Waals surface area contributed by atoms with Crippen LogP contribution in [0.5, 0.6) is 0 Å². The third-order valence-electron chi connectivity index (χ3n) is 7.44. The molecule has 0 spiro atoms. The van der Waals surface area contributed by atoms with Gasteiger partial charge in [0, 0.05) is 17.4 Å². The first-order valence-corrected chi connectivity index (χ1v) is 12.6. The van der Waals surface area contributed by atoms with E-state index < -0.39 is 5.97 Å². The minimum atomic E-state index is -0.886. The Bertz CT molecular complexity index is 1090. The van der Waals surface area contributed by atoms with Crippen LogP contribution >= 0.6 is 0 Å². The van der Waals surface area contributed by atoms with Crippen LogP contribution in [0.15, 0.2) is 60.7 Å². The first-order valence-electron chi connectivity index (χ1n) is 12.6. The molecule has 172 valence electrons. The molecule has 0 amide bonds. The maximum absolute atomic E-state index is 11.5. The van der Waals surface area contributed by atoms with Crippen molar-refractivity contribution in [1.29, 1.82) is 0 Å². The molecule has 6 rings (SSSR count). The highest BCUT2D eigenvalue weighted by molar-refractivity contribution is 5.88. The van der Waals surface area contributed by atoms with E-state index in [1.54, 1.807) is 12.1 Å². The quantitative estimate of drug-likeness (QED) is 0.512. The van der Waals surface area contributed by atoms with Crippen LogP contribution in [-0.2, 0) is 12.8 Å². The summed E-state index contributed by atoms with van der Waals surface area (Å²) in [5.74, 6) is -0.886. The number of hydrogen-bond donors (Lipinski definition) is 1. The molecule has 1 aromatic heterocycles. The standard InChI is InChI=1S/C25H26N2O2.C4H8/c28-25(29)19-9-6-10-22(15-19)27-23-12-11-21(26-13-4-5-14-26)16-20(23)17-24(27)18-7-2-1-3-8-18;1-2-4-3-1/h1-3,6-10,15,17,21H,4-5,11-14,16H2,(H,28,29);1-4H2. The molecule has 3 aliphatic rings. The van der Waals surface area contributed by atoms with Gasteiger partial charge in [0.2, 0.25) is 0 Å². The smallest absolute Gasteiger partial charge is 0.335 e. The van der Waals surface area contributed by atoms with Gasteiger partial charge in [-0.3, -0.25) is 0 Å². The lowest BCUT2D eigenvalue weighted by molar-refractivity contribution is 0.0697. The second-order valence-corrected chi connectivity index (χ2v) is 9.61. The molecule has 1 saturated heterocycles. The van der Waals surface area contributed by atoms with Crippen LogP contribution < -0.4 is 0 Å². The Morgan fingerprint density at radius 1 is 0.848 bits per heavy atom. The van der Waals surface area contributed by atoms with Crippen molar-refractivity contribution >= 4 is 5.97 Å². The highest BCUT2D eigenvalue weighted by Crippen LogP contribution is 2.35. The van der Waals surface area contributed by atoms with E-state index in [1.807, 2.05) is 18.2 Å². The first kappa shape index (κ1) is 22.0. The number of nitrogens with zero attached hydrogens (tertiary/aromatic N) is 2. The highest BCUT2D eigenvalue weighted by atomic mass is 16.4. The van der Waals surface area contributed by atoms with E-state index in [9.17, 15) is 9.90 Å². The normalized spacial score (nSPS) is 19.8. The Kier molecular flexibility index (Phi) is 6.63. The zero-order valence-corrected chi connectivity index (χ0v) is 19.4. The van der Waals surface area contributed by atoms with Gasteiger partial charge in [-0.25, -0.2) is 4.79 Å². The fraction of sp³-hybridized carbons (Fsp3) is 0.414. The number of carboxylic acid groups (broad SMARTS) is 1. The molecule has 2 aliphatic carbocycles. The van der Waals surface area contributed by atoms with Gasteiger partial charge in [0.05, 0.1) is 11.3 Å². The van der Waals surface area contributed by atoms with Crippen molar-refractivity contribution in [2.45, 2.75) is 63.8 Å². The monoisotopic (exact) mass is 442 g/mol. The SMILES string of the molecule is C1CCC1.O=C(O)c1cccc(-n2c(-c3ccccc3)cc3c2CCC(N2CCCC2)C3)c1. The van der Waals surface area contributed by atoms with Gasteiger partial charge < -0.3 is 14.6 Å². The molecule has 2 aromatic carbocycles. The maximum Gasteiger partial charge on any atom is 0.335 e. The molecule has 1 unspecified atom stereocenters. The number of carboxylic acids is 1. The number of aromatic nitrogens is 1. The fourth-order valence-corrected chi connectivity index (χ4v) is 5.27. The predicted molar refractivity (Wildman–Crippen MR) is 133 cm³/mol. The Labute approximate surface area is 196 Å². The second-order valence-electron chi connectivity index (χ2n) is 9.61. The van der Waals surface area contributed by atoms with Gasteiger partial charge in [0.1, 0.15) is 0 Å². The largest absolute Gasteiger partial charge is 0.478 e. The molecular formula is C29H34N2O2. The number of hydrogen-bond acceptors (Lipinski definition) is 2. The molecule has 1 saturated carbocycles. The van der Waals surface area contributed by atoms with E-state index in [4.69, 9.17) is 0 Å². The van der Waals surface area contributed by atoms with Gasteiger partial charge >= 0.3 is 5.97 Å². The number of fused-ring (bicyclic) bond motifs is 1. The van der Waals surface area contributed by atoms with Gasteiger partial charge in [-0.1, -0.05) is 62.1 Å². The number of likely N-dealkylation sites (tertiary alicyclic amines) is 1. The molecule has 1 N–H and O–H groups in total. The van der Waals surface area contributed by atoms with Crippen LogP contribution in [0.25, 0.3) is 16.9 Å². The van der Waals surface area contributed by atoms with Crippen LogP contribution in [0.1, 0.15) is 66.6 Å². The Morgan fingerprint density at radius 3 is 2.24 bits per heavy atom. The van der Waals surface area contributed by atoms with Crippen molar-refractivity contribution in [2.75, 3.05) is 13.1 Å². The average molecular weight is 443 g/mol. The van der Waals surface area contributed by atoms with Gasteiger partial charge in [0.15, 0.2) is 0 Å². The minimum absolute atomic E-state index is 0.328. The van der Waals surface area contributed by atoms with E-state index in [2.05, 4.69) is 39.8 Å². The summed E-state index contributed by atoms with van der Waals surface area (Å²) in [5, 5.41) is 9.47.